The van der Waals surface area contributed by atoms with Gasteiger partial charge in [-0.1, -0.05) is 54.1 Å². The number of aliphatic hydroxyl groups excluding tert-OH is 1. The summed E-state index contributed by atoms with van der Waals surface area (Å²) in [4.78, 5) is 55.0. The lowest BCUT2D eigenvalue weighted by atomic mass is 9.96. The number of carbonyl (C=O) groups is 4. The third-order valence-corrected chi connectivity index (χ3v) is 6.30. The fourth-order valence-electron chi connectivity index (χ4n) is 4.52. The molecule has 10 nitrogen and oxygen atoms in total. The fraction of sp³-hybridized carbons (Fsp3) is 0.515. The largest absolute Gasteiger partial charge is 0.458 e. The Morgan fingerprint density at radius 2 is 1.49 bits per heavy atom. The van der Waals surface area contributed by atoms with E-state index in [2.05, 4.69) is 10.6 Å². The minimum absolute atomic E-state index is 0.158. The molecule has 2 aromatic rings. The smallest absolute Gasteiger partial charge is 0.408 e. The molecule has 0 spiro atoms. The summed E-state index contributed by atoms with van der Waals surface area (Å²) in [5, 5.41) is 15.3. The second-order valence-electron chi connectivity index (χ2n) is 12.7. The van der Waals surface area contributed by atoms with Crippen LogP contribution >= 0.6 is 0 Å². The number of aliphatic hydroxyl groups is 1. The van der Waals surface area contributed by atoms with E-state index < -0.39 is 59.8 Å². The summed E-state index contributed by atoms with van der Waals surface area (Å²) >= 11 is 0. The van der Waals surface area contributed by atoms with Crippen molar-refractivity contribution in [2.24, 2.45) is 0 Å². The lowest BCUT2D eigenvalue weighted by molar-refractivity contribution is -0.159. The minimum Gasteiger partial charge on any atom is -0.458 e. The fourth-order valence-corrected chi connectivity index (χ4v) is 4.52. The van der Waals surface area contributed by atoms with E-state index in [0.717, 1.165) is 16.7 Å². The van der Waals surface area contributed by atoms with E-state index in [-0.39, 0.29) is 13.0 Å². The highest BCUT2D eigenvalue weighted by atomic mass is 16.6. The van der Waals surface area contributed by atoms with Crippen LogP contribution in [0.5, 0.6) is 0 Å². The predicted octanol–water partition coefficient (Wildman–Crippen LogP) is 4.15. The highest BCUT2D eigenvalue weighted by molar-refractivity contribution is 5.94. The molecule has 3 unspecified atom stereocenters. The molecular weight excluding hydrogens is 550 g/mol. The van der Waals surface area contributed by atoms with Crippen LogP contribution in [0.25, 0.3) is 0 Å². The predicted molar refractivity (Wildman–Crippen MR) is 164 cm³/mol. The van der Waals surface area contributed by atoms with Gasteiger partial charge in [0.25, 0.3) is 0 Å². The molecular formula is C33H47N3O7. The average Bonchev–Trinajstić information content (AvgIpc) is 2.87. The molecule has 3 atom stereocenters. The van der Waals surface area contributed by atoms with Crippen LogP contribution in [0, 0.1) is 13.8 Å². The third kappa shape index (κ3) is 11.4. The Morgan fingerprint density at radius 3 is 2.02 bits per heavy atom. The Bertz CT molecular complexity index is 1270. The van der Waals surface area contributed by atoms with Gasteiger partial charge in [0, 0.05) is 13.0 Å². The second kappa shape index (κ2) is 15.0. The molecule has 0 fully saturated rings. The van der Waals surface area contributed by atoms with Gasteiger partial charge in [0.15, 0.2) is 0 Å². The number of rotatable bonds is 11. The highest BCUT2D eigenvalue weighted by Gasteiger charge is 2.37. The molecule has 0 radical (unpaired) electrons. The SMILES string of the molecule is Cc1ccc(C(C(=O)NC(Cc2ccccc2)C(=O)OC(C)(C)C)N(CCO)C(=O)C(C)NC(=O)OC(C)(C)C)c(C)c1. The van der Waals surface area contributed by atoms with E-state index in [1.165, 1.54) is 11.8 Å². The monoisotopic (exact) mass is 597 g/mol. The Hall–Kier alpha value is -3.92. The normalized spacial score (nSPS) is 13.7. The standard InChI is InChI=1S/C33H47N3O7/c1-21-15-16-25(22(2)19-21)27(36(17-18-37)29(39)23(3)34-31(41)43-33(7,8)9)28(38)35-26(30(40)42-32(4,5)6)20-24-13-11-10-12-14-24/h10-16,19,23,26-27,37H,17-18,20H2,1-9H3,(H,34,41)(H,35,38). The van der Waals surface area contributed by atoms with Crippen LogP contribution in [0.1, 0.15) is 76.8 Å². The first-order chi connectivity index (χ1) is 19.9. The van der Waals surface area contributed by atoms with Crippen molar-refractivity contribution in [3.8, 4) is 0 Å². The molecule has 3 N–H and O–H groups in total. The molecule has 236 valence electrons. The van der Waals surface area contributed by atoms with E-state index in [1.807, 2.05) is 56.3 Å². The van der Waals surface area contributed by atoms with Crippen molar-refractivity contribution in [1.29, 1.82) is 0 Å². The van der Waals surface area contributed by atoms with Crippen molar-refractivity contribution in [2.75, 3.05) is 13.2 Å². The zero-order valence-corrected chi connectivity index (χ0v) is 26.8. The summed E-state index contributed by atoms with van der Waals surface area (Å²) in [5.41, 5.74) is 1.42. The Balaban J connectivity index is 2.53. The van der Waals surface area contributed by atoms with E-state index in [9.17, 15) is 24.3 Å². The third-order valence-electron chi connectivity index (χ3n) is 6.30. The van der Waals surface area contributed by atoms with Gasteiger partial charge < -0.3 is 30.1 Å². The van der Waals surface area contributed by atoms with Gasteiger partial charge in [0.05, 0.1) is 6.61 Å². The van der Waals surface area contributed by atoms with Crippen LogP contribution in [0.3, 0.4) is 0 Å². The summed E-state index contributed by atoms with van der Waals surface area (Å²) in [5.74, 6) is -1.87. The van der Waals surface area contributed by atoms with Crippen LogP contribution in [0.2, 0.25) is 0 Å². The minimum atomic E-state index is -1.23. The molecule has 0 aliphatic heterocycles. The van der Waals surface area contributed by atoms with Crippen LogP contribution in [0.15, 0.2) is 48.5 Å². The van der Waals surface area contributed by atoms with E-state index >= 15 is 0 Å². The van der Waals surface area contributed by atoms with Crippen LogP contribution in [-0.4, -0.2) is 70.3 Å². The molecule has 2 rings (SSSR count). The van der Waals surface area contributed by atoms with Crippen LogP contribution < -0.4 is 10.6 Å². The van der Waals surface area contributed by atoms with Crippen molar-refractivity contribution in [3.05, 3.63) is 70.8 Å². The van der Waals surface area contributed by atoms with Gasteiger partial charge in [0.1, 0.15) is 29.3 Å². The first kappa shape index (κ1) is 35.3. The number of benzene rings is 2. The van der Waals surface area contributed by atoms with Gasteiger partial charge >= 0.3 is 12.1 Å². The molecule has 3 amide bonds. The number of ether oxygens (including phenoxy) is 2. The molecule has 2 aromatic carbocycles. The topological polar surface area (TPSA) is 134 Å². The highest BCUT2D eigenvalue weighted by Crippen LogP contribution is 2.27. The van der Waals surface area contributed by atoms with Gasteiger partial charge in [-0.3, -0.25) is 9.59 Å². The zero-order valence-electron chi connectivity index (χ0n) is 26.8. The number of hydrogen-bond donors (Lipinski definition) is 3. The number of hydrogen-bond acceptors (Lipinski definition) is 7. The van der Waals surface area contributed by atoms with Crippen LogP contribution in [-0.2, 0) is 30.3 Å². The average molecular weight is 598 g/mol. The van der Waals surface area contributed by atoms with Crippen molar-refractivity contribution < 1.29 is 33.8 Å². The molecule has 10 heteroatoms. The molecule has 0 aliphatic carbocycles. The van der Waals surface area contributed by atoms with E-state index in [4.69, 9.17) is 9.47 Å². The van der Waals surface area contributed by atoms with Gasteiger partial charge in [0.2, 0.25) is 11.8 Å². The quantitative estimate of drug-likeness (QED) is 0.331. The number of nitrogens with zero attached hydrogens (tertiary/aromatic N) is 1. The van der Waals surface area contributed by atoms with Gasteiger partial charge in [-0.15, -0.1) is 0 Å². The number of nitrogens with one attached hydrogen (secondary N) is 2. The summed E-state index contributed by atoms with van der Waals surface area (Å²) in [6.45, 7) is 14.9. The zero-order chi connectivity index (χ0) is 32.5. The Kier molecular flexibility index (Phi) is 12.3. The van der Waals surface area contributed by atoms with Crippen molar-refractivity contribution in [2.45, 2.75) is 98.1 Å². The van der Waals surface area contributed by atoms with Crippen molar-refractivity contribution in [3.63, 3.8) is 0 Å². The first-order valence-corrected chi connectivity index (χ1v) is 14.5. The van der Waals surface area contributed by atoms with Gasteiger partial charge in [-0.25, -0.2) is 9.59 Å². The van der Waals surface area contributed by atoms with Gasteiger partial charge in [-0.05, 0) is 79.0 Å². The maximum absolute atomic E-state index is 14.2. The summed E-state index contributed by atoms with van der Waals surface area (Å²) in [6, 6.07) is 11.3. The Labute approximate surface area is 255 Å². The number of aryl methyl sites for hydroxylation is 2. The molecule has 0 aromatic heterocycles. The number of amides is 3. The van der Waals surface area contributed by atoms with E-state index in [0.29, 0.717) is 5.56 Å². The molecule has 0 aliphatic rings. The van der Waals surface area contributed by atoms with Crippen LogP contribution in [0.4, 0.5) is 4.79 Å². The van der Waals surface area contributed by atoms with E-state index in [1.54, 1.807) is 47.6 Å². The van der Waals surface area contributed by atoms with Crippen molar-refractivity contribution >= 4 is 23.9 Å². The summed E-state index contributed by atoms with van der Waals surface area (Å²) in [7, 11) is 0. The molecule has 0 saturated carbocycles. The second-order valence-corrected chi connectivity index (χ2v) is 12.7. The molecule has 0 bridgehead atoms. The van der Waals surface area contributed by atoms with Gasteiger partial charge in [-0.2, -0.15) is 0 Å². The maximum Gasteiger partial charge on any atom is 0.408 e. The molecule has 43 heavy (non-hydrogen) atoms. The number of carbonyl (C=O) groups excluding carboxylic acids is 4. The molecule has 0 saturated heterocycles. The lowest BCUT2D eigenvalue weighted by Gasteiger charge is -2.35. The molecule has 0 heterocycles. The number of esters is 1. The van der Waals surface area contributed by atoms with Crippen molar-refractivity contribution in [1.82, 2.24) is 15.5 Å². The summed E-state index contributed by atoms with van der Waals surface area (Å²) < 4.78 is 10.9. The maximum atomic E-state index is 14.2. The number of alkyl carbamates (subject to hydrolysis) is 1. The lowest BCUT2D eigenvalue weighted by Crippen LogP contribution is -2.55. The first-order valence-electron chi connectivity index (χ1n) is 14.5. The Morgan fingerprint density at radius 1 is 0.884 bits per heavy atom. The summed E-state index contributed by atoms with van der Waals surface area (Å²) in [6.07, 6.45) is -0.635.